The summed E-state index contributed by atoms with van der Waals surface area (Å²) in [6.07, 6.45) is 0. The SMILES string of the molecule is CN(C(=O)c1ccc(N)cc1)C1COCC1C(=O)O. The van der Waals surface area contributed by atoms with E-state index in [2.05, 4.69) is 0 Å². The van der Waals surface area contributed by atoms with Crippen molar-refractivity contribution >= 4 is 17.6 Å². The van der Waals surface area contributed by atoms with Crippen LogP contribution in [0.3, 0.4) is 0 Å². The summed E-state index contributed by atoms with van der Waals surface area (Å²) in [6.45, 7) is 0.382. The molecule has 1 aromatic rings. The lowest BCUT2D eigenvalue weighted by molar-refractivity contribution is -0.142. The van der Waals surface area contributed by atoms with Crippen molar-refractivity contribution in [2.75, 3.05) is 26.0 Å². The van der Waals surface area contributed by atoms with E-state index in [-0.39, 0.29) is 19.1 Å². The van der Waals surface area contributed by atoms with Crippen molar-refractivity contribution in [2.24, 2.45) is 5.92 Å². The van der Waals surface area contributed by atoms with Crippen LogP contribution in [0, 0.1) is 5.92 Å². The van der Waals surface area contributed by atoms with Crippen LogP contribution in [0.25, 0.3) is 0 Å². The molecule has 1 amide bonds. The van der Waals surface area contributed by atoms with Crippen LogP contribution in [0.5, 0.6) is 0 Å². The van der Waals surface area contributed by atoms with Gasteiger partial charge in [-0.3, -0.25) is 9.59 Å². The Morgan fingerprint density at radius 3 is 2.53 bits per heavy atom. The number of ether oxygens (including phenoxy) is 1. The van der Waals surface area contributed by atoms with Gasteiger partial charge in [0.2, 0.25) is 0 Å². The fourth-order valence-electron chi connectivity index (χ4n) is 2.14. The summed E-state index contributed by atoms with van der Waals surface area (Å²) in [5.41, 5.74) is 6.62. The summed E-state index contributed by atoms with van der Waals surface area (Å²) in [6, 6.07) is 6.09. The monoisotopic (exact) mass is 264 g/mol. The Kier molecular flexibility index (Phi) is 3.71. The molecule has 19 heavy (non-hydrogen) atoms. The lowest BCUT2D eigenvalue weighted by Gasteiger charge is -2.26. The summed E-state index contributed by atoms with van der Waals surface area (Å²) >= 11 is 0. The average Bonchev–Trinajstić information content (AvgIpc) is 2.87. The first-order valence-electron chi connectivity index (χ1n) is 5.94. The smallest absolute Gasteiger partial charge is 0.311 e. The van der Waals surface area contributed by atoms with Gasteiger partial charge in [-0.1, -0.05) is 0 Å². The maximum atomic E-state index is 12.2. The molecule has 102 valence electrons. The Hall–Kier alpha value is -2.08. The number of benzene rings is 1. The fourth-order valence-corrected chi connectivity index (χ4v) is 2.14. The topological polar surface area (TPSA) is 92.9 Å². The van der Waals surface area contributed by atoms with Crippen LogP contribution >= 0.6 is 0 Å². The van der Waals surface area contributed by atoms with Gasteiger partial charge in [-0.2, -0.15) is 0 Å². The molecule has 0 radical (unpaired) electrons. The molecule has 1 aliphatic rings. The zero-order chi connectivity index (χ0) is 14.0. The van der Waals surface area contributed by atoms with E-state index in [1.54, 1.807) is 31.3 Å². The van der Waals surface area contributed by atoms with Crippen molar-refractivity contribution < 1.29 is 19.4 Å². The van der Waals surface area contributed by atoms with Crippen molar-refractivity contribution in [3.05, 3.63) is 29.8 Å². The number of nitrogen functional groups attached to an aromatic ring is 1. The first-order valence-corrected chi connectivity index (χ1v) is 5.94. The molecule has 6 nitrogen and oxygen atoms in total. The zero-order valence-electron chi connectivity index (χ0n) is 10.6. The van der Waals surface area contributed by atoms with Gasteiger partial charge in [0.25, 0.3) is 5.91 Å². The second-order valence-corrected chi connectivity index (χ2v) is 4.59. The predicted molar refractivity (Wildman–Crippen MR) is 68.7 cm³/mol. The lowest BCUT2D eigenvalue weighted by atomic mass is 10.0. The molecule has 2 atom stereocenters. The quantitative estimate of drug-likeness (QED) is 0.773. The number of carboxylic acid groups (broad SMARTS) is 1. The van der Waals surface area contributed by atoms with Crippen LogP contribution in [0.15, 0.2) is 24.3 Å². The van der Waals surface area contributed by atoms with Gasteiger partial charge in [0.05, 0.1) is 19.3 Å². The molecule has 3 N–H and O–H groups in total. The van der Waals surface area contributed by atoms with Crippen molar-refractivity contribution in [2.45, 2.75) is 6.04 Å². The van der Waals surface area contributed by atoms with Gasteiger partial charge < -0.3 is 20.5 Å². The molecule has 1 heterocycles. The summed E-state index contributed by atoms with van der Waals surface area (Å²) in [4.78, 5) is 24.8. The molecule has 0 spiro atoms. The van der Waals surface area contributed by atoms with E-state index in [4.69, 9.17) is 15.6 Å². The molecule has 1 aromatic carbocycles. The zero-order valence-corrected chi connectivity index (χ0v) is 10.6. The highest BCUT2D eigenvalue weighted by Gasteiger charge is 2.38. The molecule has 1 fully saturated rings. The van der Waals surface area contributed by atoms with E-state index in [0.29, 0.717) is 11.3 Å². The van der Waals surface area contributed by atoms with Crippen LogP contribution in [0.4, 0.5) is 5.69 Å². The normalized spacial score (nSPS) is 22.2. The summed E-state index contributed by atoms with van der Waals surface area (Å²) < 4.78 is 5.16. The maximum absolute atomic E-state index is 12.2. The maximum Gasteiger partial charge on any atom is 0.311 e. The number of carbonyl (C=O) groups excluding carboxylic acids is 1. The molecular weight excluding hydrogens is 248 g/mol. The minimum atomic E-state index is -0.945. The number of aliphatic carboxylic acids is 1. The van der Waals surface area contributed by atoms with Crippen LogP contribution < -0.4 is 5.73 Å². The van der Waals surface area contributed by atoms with Crippen LogP contribution in [0.1, 0.15) is 10.4 Å². The standard InChI is InChI=1S/C13H16N2O4/c1-15(11-7-19-6-10(11)13(17)18)12(16)8-2-4-9(14)5-3-8/h2-5,10-11H,6-7,14H2,1H3,(H,17,18). The van der Waals surface area contributed by atoms with Gasteiger partial charge in [0.1, 0.15) is 5.92 Å². The third-order valence-corrected chi connectivity index (χ3v) is 3.34. The van der Waals surface area contributed by atoms with E-state index >= 15 is 0 Å². The van der Waals surface area contributed by atoms with Crippen molar-refractivity contribution in [1.29, 1.82) is 0 Å². The highest BCUT2D eigenvalue weighted by atomic mass is 16.5. The van der Waals surface area contributed by atoms with Gasteiger partial charge in [-0.15, -0.1) is 0 Å². The molecule has 0 aromatic heterocycles. The molecule has 0 bridgehead atoms. The highest BCUT2D eigenvalue weighted by molar-refractivity contribution is 5.95. The Morgan fingerprint density at radius 2 is 1.95 bits per heavy atom. The van der Waals surface area contributed by atoms with E-state index in [9.17, 15) is 9.59 Å². The third-order valence-electron chi connectivity index (χ3n) is 3.34. The van der Waals surface area contributed by atoms with E-state index < -0.39 is 17.9 Å². The van der Waals surface area contributed by atoms with Gasteiger partial charge in [-0.05, 0) is 24.3 Å². The van der Waals surface area contributed by atoms with E-state index in [0.717, 1.165) is 0 Å². The first kappa shape index (κ1) is 13.4. The highest BCUT2D eigenvalue weighted by Crippen LogP contribution is 2.21. The van der Waals surface area contributed by atoms with Gasteiger partial charge in [-0.25, -0.2) is 0 Å². The Balaban J connectivity index is 2.14. The van der Waals surface area contributed by atoms with Gasteiger partial charge in [0.15, 0.2) is 0 Å². The molecule has 2 rings (SSSR count). The molecule has 6 heteroatoms. The minimum Gasteiger partial charge on any atom is -0.481 e. The molecule has 0 saturated carbocycles. The summed E-state index contributed by atoms with van der Waals surface area (Å²) in [5, 5.41) is 9.09. The number of hydrogen-bond acceptors (Lipinski definition) is 4. The second-order valence-electron chi connectivity index (χ2n) is 4.59. The molecule has 1 saturated heterocycles. The average molecular weight is 264 g/mol. The predicted octanol–water partition coefficient (Wildman–Crippen LogP) is 0.440. The third kappa shape index (κ3) is 2.68. The number of nitrogens with zero attached hydrogens (tertiary/aromatic N) is 1. The largest absolute Gasteiger partial charge is 0.481 e. The van der Waals surface area contributed by atoms with Crippen molar-refractivity contribution in [1.82, 2.24) is 4.90 Å². The summed E-state index contributed by atoms with van der Waals surface area (Å²) in [7, 11) is 1.59. The van der Waals surface area contributed by atoms with Crippen LogP contribution in [-0.4, -0.2) is 48.2 Å². The number of carbonyl (C=O) groups is 2. The Labute approximate surface area is 110 Å². The second kappa shape index (κ2) is 5.27. The minimum absolute atomic E-state index is 0.138. The number of anilines is 1. The van der Waals surface area contributed by atoms with Gasteiger partial charge in [0, 0.05) is 18.3 Å². The summed E-state index contributed by atoms with van der Waals surface area (Å²) in [5.74, 6) is -1.86. The molecular formula is C13H16N2O4. The van der Waals surface area contributed by atoms with E-state index in [1.807, 2.05) is 0 Å². The Morgan fingerprint density at radius 1 is 1.32 bits per heavy atom. The molecule has 2 unspecified atom stereocenters. The molecule has 0 aliphatic carbocycles. The number of rotatable bonds is 3. The number of carboxylic acids is 1. The van der Waals surface area contributed by atoms with Crippen LogP contribution in [-0.2, 0) is 9.53 Å². The number of nitrogens with two attached hydrogens (primary N) is 1. The van der Waals surface area contributed by atoms with Crippen molar-refractivity contribution in [3.63, 3.8) is 0 Å². The fraction of sp³-hybridized carbons (Fsp3) is 0.385. The van der Waals surface area contributed by atoms with Gasteiger partial charge >= 0.3 is 5.97 Å². The lowest BCUT2D eigenvalue weighted by Crippen LogP contribution is -2.44. The number of hydrogen-bond donors (Lipinski definition) is 2. The number of amides is 1. The van der Waals surface area contributed by atoms with E-state index in [1.165, 1.54) is 4.90 Å². The first-order chi connectivity index (χ1) is 9.00. The molecule has 1 aliphatic heterocycles. The Bertz CT molecular complexity index is 486. The van der Waals surface area contributed by atoms with Crippen LogP contribution in [0.2, 0.25) is 0 Å². The number of likely N-dealkylation sites (N-methyl/N-ethyl adjacent to an activating group) is 1. The van der Waals surface area contributed by atoms with Crippen molar-refractivity contribution in [3.8, 4) is 0 Å².